The van der Waals surface area contributed by atoms with E-state index in [0.717, 1.165) is 60.8 Å². The lowest BCUT2D eigenvalue weighted by Gasteiger charge is -2.74. The zero-order valence-electron chi connectivity index (χ0n) is 23.3. The van der Waals surface area contributed by atoms with Crippen molar-refractivity contribution in [2.24, 2.45) is 17.3 Å². The van der Waals surface area contributed by atoms with E-state index < -0.39 is 0 Å². The van der Waals surface area contributed by atoms with Crippen molar-refractivity contribution in [2.45, 2.75) is 81.3 Å². The van der Waals surface area contributed by atoms with Crippen LogP contribution in [0.2, 0.25) is 0 Å². The number of aliphatic hydroxyl groups excluding tert-OH is 1. The molecule has 0 unspecified atom stereocenters. The van der Waals surface area contributed by atoms with E-state index in [1.54, 1.807) is 7.11 Å². The van der Waals surface area contributed by atoms with Crippen molar-refractivity contribution in [3.05, 3.63) is 58.7 Å². The fourth-order valence-corrected chi connectivity index (χ4v) is 9.95. The summed E-state index contributed by atoms with van der Waals surface area (Å²) in [7, 11) is 3.67. The van der Waals surface area contributed by atoms with E-state index in [4.69, 9.17) is 18.9 Å². The van der Waals surface area contributed by atoms with Crippen LogP contribution in [0.4, 0.5) is 0 Å². The molecule has 2 spiro atoms. The smallest absolute Gasteiger partial charge is 0.165 e. The minimum absolute atomic E-state index is 0.00846. The number of nitrogens with zero attached hydrogens (tertiary/aromatic N) is 1. The van der Waals surface area contributed by atoms with Crippen LogP contribution >= 0.6 is 0 Å². The number of aliphatic hydroxyl groups is 1. The van der Waals surface area contributed by atoms with Gasteiger partial charge in [0, 0.05) is 42.0 Å². The van der Waals surface area contributed by atoms with E-state index >= 15 is 0 Å². The van der Waals surface area contributed by atoms with Crippen LogP contribution in [-0.2, 0) is 34.5 Å². The summed E-state index contributed by atoms with van der Waals surface area (Å²) in [6.45, 7) is 3.72. The molecule has 2 aromatic carbocycles. The first kappa shape index (κ1) is 24.7. The molecule has 0 radical (unpaired) electrons. The number of fused-ring (bicyclic) bond motifs is 2. The number of hydrogen-bond acceptors (Lipinski definition) is 6. The molecule has 1 saturated heterocycles. The van der Waals surface area contributed by atoms with Crippen molar-refractivity contribution in [1.29, 1.82) is 0 Å². The predicted molar refractivity (Wildman–Crippen MR) is 147 cm³/mol. The second-order valence-corrected chi connectivity index (χ2v) is 13.2. The summed E-state index contributed by atoms with van der Waals surface area (Å²) in [4.78, 5) is 2.89. The molecular formula is C33H41NO5. The Balaban J connectivity index is 1.18. The first-order valence-corrected chi connectivity index (χ1v) is 15.0. The van der Waals surface area contributed by atoms with Crippen LogP contribution < -0.4 is 9.47 Å². The van der Waals surface area contributed by atoms with Crippen molar-refractivity contribution in [2.75, 3.05) is 33.9 Å². The molecule has 6 heteroatoms. The summed E-state index contributed by atoms with van der Waals surface area (Å²) < 4.78 is 26.1. The number of ether oxygens (including phenoxy) is 4. The molecule has 2 heterocycles. The molecule has 4 saturated carbocycles. The Morgan fingerprint density at radius 3 is 2.59 bits per heavy atom. The van der Waals surface area contributed by atoms with Gasteiger partial charge in [-0.15, -0.1) is 0 Å². The number of piperidine rings is 1. The fourth-order valence-electron chi connectivity index (χ4n) is 9.95. The lowest BCUT2D eigenvalue weighted by atomic mass is 9.35. The summed E-state index contributed by atoms with van der Waals surface area (Å²) in [5.74, 6) is 3.03. The van der Waals surface area contributed by atoms with Crippen molar-refractivity contribution in [1.82, 2.24) is 4.90 Å². The Hall–Kier alpha value is -2.12. The van der Waals surface area contributed by atoms with Gasteiger partial charge in [0.1, 0.15) is 11.7 Å². The lowest BCUT2D eigenvalue weighted by molar-refractivity contribution is -0.283. The quantitative estimate of drug-likeness (QED) is 0.509. The minimum Gasteiger partial charge on any atom is -0.493 e. The van der Waals surface area contributed by atoms with Gasteiger partial charge in [0.05, 0.1) is 26.9 Å². The highest BCUT2D eigenvalue weighted by Gasteiger charge is 2.80. The average Bonchev–Trinajstić information content (AvgIpc) is 3.71. The Bertz CT molecular complexity index is 1280. The van der Waals surface area contributed by atoms with E-state index in [1.165, 1.54) is 36.9 Å². The number of benzene rings is 2. The van der Waals surface area contributed by atoms with E-state index in [9.17, 15) is 5.11 Å². The summed E-state index contributed by atoms with van der Waals surface area (Å²) in [6, 6.07) is 13.1. The van der Waals surface area contributed by atoms with Crippen LogP contribution in [0.15, 0.2) is 36.4 Å². The Morgan fingerprint density at radius 2 is 1.85 bits per heavy atom. The van der Waals surface area contributed by atoms with Crippen LogP contribution in [0.25, 0.3) is 0 Å². The van der Waals surface area contributed by atoms with Gasteiger partial charge in [-0.05, 0) is 80.2 Å². The van der Waals surface area contributed by atoms with E-state index in [0.29, 0.717) is 19.3 Å². The zero-order valence-corrected chi connectivity index (χ0v) is 23.3. The third kappa shape index (κ3) is 3.18. The topological polar surface area (TPSA) is 60.4 Å². The first-order chi connectivity index (χ1) is 19.1. The van der Waals surface area contributed by atoms with Crippen LogP contribution in [-0.4, -0.2) is 61.7 Å². The summed E-state index contributed by atoms with van der Waals surface area (Å²) in [5, 5.41) is 9.38. The maximum Gasteiger partial charge on any atom is 0.165 e. The molecule has 7 aliphatic rings. The van der Waals surface area contributed by atoms with Crippen LogP contribution in [0.3, 0.4) is 0 Å². The van der Waals surface area contributed by atoms with Gasteiger partial charge < -0.3 is 24.1 Å². The highest BCUT2D eigenvalue weighted by atomic mass is 16.6. The van der Waals surface area contributed by atoms with Gasteiger partial charge in [-0.1, -0.05) is 30.3 Å². The van der Waals surface area contributed by atoms with Crippen LogP contribution in [0.5, 0.6) is 11.5 Å². The van der Waals surface area contributed by atoms with E-state index in [-0.39, 0.29) is 35.1 Å². The second-order valence-electron chi connectivity index (χ2n) is 13.2. The monoisotopic (exact) mass is 531 g/mol. The molecule has 6 atom stereocenters. The Kier molecular flexibility index (Phi) is 5.49. The van der Waals surface area contributed by atoms with Crippen molar-refractivity contribution in [3.63, 3.8) is 0 Å². The minimum atomic E-state index is -0.371. The number of hydrogen-bond donors (Lipinski definition) is 1. The van der Waals surface area contributed by atoms with Gasteiger partial charge in [-0.2, -0.15) is 0 Å². The largest absolute Gasteiger partial charge is 0.493 e. The van der Waals surface area contributed by atoms with Gasteiger partial charge >= 0.3 is 0 Å². The van der Waals surface area contributed by atoms with Crippen molar-refractivity contribution in [3.8, 4) is 11.5 Å². The number of likely N-dealkylation sites (tertiary alicyclic amines) is 1. The predicted octanol–water partition coefficient (Wildman–Crippen LogP) is 4.63. The molecule has 0 aromatic heterocycles. The summed E-state index contributed by atoms with van der Waals surface area (Å²) >= 11 is 0. The molecule has 5 fully saturated rings. The molecule has 39 heavy (non-hydrogen) atoms. The molecule has 1 N–H and O–H groups in total. The molecule has 2 aliphatic heterocycles. The molecule has 2 aromatic rings. The molecule has 9 rings (SSSR count). The zero-order chi connectivity index (χ0) is 26.4. The van der Waals surface area contributed by atoms with Crippen LogP contribution in [0, 0.1) is 17.3 Å². The second kappa shape index (κ2) is 8.69. The maximum absolute atomic E-state index is 9.38. The molecular weight excluding hydrogens is 490 g/mol. The van der Waals surface area contributed by atoms with Gasteiger partial charge in [0.15, 0.2) is 11.5 Å². The van der Waals surface area contributed by atoms with Gasteiger partial charge in [-0.3, -0.25) is 4.90 Å². The van der Waals surface area contributed by atoms with Crippen molar-refractivity contribution < 1.29 is 24.1 Å². The summed E-state index contributed by atoms with van der Waals surface area (Å²) in [5.41, 5.74) is 4.79. The highest BCUT2D eigenvalue weighted by Crippen LogP contribution is 2.76. The lowest BCUT2D eigenvalue weighted by Crippen LogP contribution is -2.81. The first-order valence-electron chi connectivity index (χ1n) is 15.0. The molecule has 6 nitrogen and oxygen atoms in total. The van der Waals surface area contributed by atoms with Gasteiger partial charge in [0.2, 0.25) is 0 Å². The molecule has 0 amide bonds. The van der Waals surface area contributed by atoms with Crippen molar-refractivity contribution >= 4 is 0 Å². The molecule has 4 bridgehead atoms. The average molecular weight is 532 g/mol. The third-order valence-electron chi connectivity index (χ3n) is 11.8. The van der Waals surface area contributed by atoms with E-state index in [2.05, 4.69) is 29.2 Å². The normalized spacial score (nSPS) is 37.5. The molecule has 208 valence electrons. The van der Waals surface area contributed by atoms with E-state index in [1.807, 2.05) is 19.2 Å². The SMILES string of the molecule is COc1ccc2c3c1O[C@H]1[C@@]4(OC)CC[C@@]5(C[C@@H]4COCc4ccc(CO)cc4)[C@@H](C2)N(CC2CC2)CC[C@]315. The Morgan fingerprint density at radius 1 is 1.03 bits per heavy atom. The fraction of sp³-hybridized carbons (Fsp3) is 0.636. The molecule has 5 aliphatic carbocycles. The summed E-state index contributed by atoms with van der Waals surface area (Å²) in [6.07, 6.45) is 8.39. The standard InChI is InChI=1S/C33H41NO5/c1-36-26-10-9-24-15-27-31-11-12-33(37-2,25(16-31)20-38-19-23-7-5-22(18-35)6-8-23)30-32(31,28(24)29(26)39-30)13-14-34(27)17-21-3-4-21/h5-10,21,25,27,30,35H,3-4,11-20H2,1-2H3/t25-,27-,30-,31-,32+,33-/m1/s1. The van der Waals surface area contributed by atoms with Gasteiger partial charge in [-0.25, -0.2) is 0 Å². The van der Waals surface area contributed by atoms with Crippen LogP contribution in [0.1, 0.15) is 60.8 Å². The number of methoxy groups -OCH3 is 2. The maximum atomic E-state index is 9.38. The Labute approximate surface area is 231 Å². The number of rotatable bonds is 9. The van der Waals surface area contributed by atoms with Gasteiger partial charge in [0.25, 0.3) is 0 Å². The highest BCUT2D eigenvalue weighted by molar-refractivity contribution is 5.63. The third-order valence-corrected chi connectivity index (χ3v) is 11.8.